The molecule has 5 aromatic carbocycles. The number of aldehydes is 1. The Hall–Kier alpha value is -5.22. The third-order valence-electron chi connectivity index (χ3n) is 10.4. The standard InChI is InChI=1S/C48H57ClN6O6S2/c1-54(2)47(58)32-55(3)28-25-41(34-62-42-12-5-4-6-13-42)52-46-24-23-43(30-45(46)38(33-57)11-9-29-56)63(60,61)53-48(59)36-17-21-40(22-18-36)51-27-26-50-31-37-10-7-8-14-44(37)35-15-19-39(49)20-16-35/h4-8,10,12-24,29-30,38,41,50-52,57H,9,11,25-28,31-34H2,1-3H3,(H,53,59)/t38?,41-/m1/s1. The fourth-order valence-electron chi connectivity index (χ4n) is 6.83. The first kappa shape index (κ1) is 48.8. The average molecular weight is 914 g/mol. The summed E-state index contributed by atoms with van der Waals surface area (Å²) in [5.74, 6) is -0.710. The molecular weight excluding hydrogens is 856 g/mol. The second-order valence-electron chi connectivity index (χ2n) is 15.4. The number of nitrogens with zero attached hydrogens (tertiary/aromatic N) is 2. The van der Waals surface area contributed by atoms with Gasteiger partial charge >= 0.3 is 0 Å². The van der Waals surface area contributed by atoms with Crippen molar-refractivity contribution in [2.24, 2.45) is 0 Å². The second-order valence-corrected chi connectivity index (χ2v) is 18.6. The Kier molecular flexibility index (Phi) is 19.0. The van der Waals surface area contributed by atoms with Crippen LogP contribution in [0.4, 0.5) is 11.4 Å². The van der Waals surface area contributed by atoms with Crippen molar-refractivity contribution in [2.75, 3.05) is 70.3 Å². The number of thioether (sulfide) groups is 1. The van der Waals surface area contributed by atoms with Crippen molar-refractivity contribution in [1.29, 1.82) is 0 Å². The minimum absolute atomic E-state index is 0.00828. The molecule has 12 nitrogen and oxygen atoms in total. The normalized spacial score (nSPS) is 12.3. The van der Waals surface area contributed by atoms with Crippen molar-refractivity contribution in [3.63, 3.8) is 0 Å². The summed E-state index contributed by atoms with van der Waals surface area (Å²) in [6.45, 7) is 2.48. The topological polar surface area (TPSA) is 160 Å². The van der Waals surface area contributed by atoms with Crippen LogP contribution in [0.15, 0.2) is 131 Å². The Balaban J connectivity index is 1.23. The number of likely N-dealkylation sites (N-methyl/N-ethyl adjacent to an activating group) is 2. The van der Waals surface area contributed by atoms with Crippen LogP contribution < -0.4 is 20.7 Å². The number of hydrogen-bond donors (Lipinski definition) is 5. The van der Waals surface area contributed by atoms with Crippen molar-refractivity contribution in [3.05, 3.63) is 143 Å². The van der Waals surface area contributed by atoms with E-state index in [9.17, 15) is 27.9 Å². The van der Waals surface area contributed by atoms with E-state index in [2.05, 4.69) is 32.8 Å². The monoisotopic (exact) mass is 912 g/mol. The molecule has 0 radical (unpaired) electrons. The van der Waals surface area contributed by atoms with Crippen LogP contribution in [0.1, 0.15) is 46.7 Å². The van der Waals surface area contributed by atoms with Crippen LogP contribution in [0.3, 0.4) is 0 Å². The van der Waals surface area contributed by atoms with Gasteiger partial charge in [0.2, 0.25) is 5.91 Å². The number of aliphatic hydroxyl groups excluding tert-OH is 1. The molecule has 0 aliphatic carbocycles. The van der Waals surface area contributed by atoms with Crippen molar-refractivity contribution in [2.45, 2.75) is 47.6 Å². The van der Waals surface area contributed by atoms with Gasteiger partial charge in [0.1, 0.15) is 6.29 Å². The summed E-state index contributed by atoms with van der Waals surface area (Å²) in [5, 5.41) is 21.6. The van der Waals surface area contributed by atoms with Gasteiger partial charge in [0.05, 0.1) is 18.0 Å². The molecule has 334 valence electrons. The summed E-state index contributed by atoms with van der Waals surface area (Å²) in [7, 11) is 0.977. The van der Waals surface area contributed by atoms with Crippen molar-refractivity contribution < 1.29 is 27.9 Å². The summed E-state index contributed by atoms with van der Waals surface area (Å²) in [5.41, 5.74) is 5.43. The minimum atomic E-state index is -4.36. The van der Waals surface area contributed by atoms with Gasteiger partial charge in [-0.1, -0.05) is 66.2 Å². The largest absolute Gasteiger partial charge is 0.396 e. The summed E-state index contributed by atoms with van der Waals surface area (Å²) in [6, 6.07) is 36.9. The molecule has 2 amide bonds. The third-order valence-corrected chi connectivity index (χ3v) is 13.2. The number of rotatable bonds is 25. The third kappa shape index (κ3) is 15.2. The van der Waals surface area contributed by atoms with Crippen molar-refractivity contribution in [3.8, 4) is 11.1 Å². The van der Waals surface area contributed by atoms with E-state index in [4.69, 9.17) is 11.6 Å². The molecular formula is C48H57ClN6O6S2. The molecule has 5 rings (SSSR count). The van der Waals surface area contributed by atoms with Gasteiger partial charge in [-0.05, 0) is 109 Å². The van der Waals surface area contributed by atoms with Crippen LogP contribution in [0, 0.1) is 0 Å². The summed E-state index contributed by atoms with van der Waals surface area (Å²) < 4.78 is 29.7. The molecule has 0 aromatic heterocycles. The maximum atomic E-state index is 13.8. The first-order valence-electron chi connectivity index (χ1n) is 20.8. The predicted molar refractivity (Wildman–Crippen MR) is 255 cm³/mol. The molecule has 0 aliphatic rings. The van der Waals surface area contributed by atoms with Gasteiger partial charge in [0.15, 0.2) is 0 Å². The Morgan fingerprint density at radius 1 is 0.857 bits per heavy atom. The number of amides is 2. The highest BCUT2D eigenvalue weighted by Crippen LogP contribution is 2.32. The zero-order valence-corrected chi connectivity index (χ0v) is 38.3. The van der Waals surface area contributed by atoms with Crippen LogP contribution in [0.25, 0.3) is 11.1 Å². The zero-order valence-electron chi connectivity index (χ0n) is 35.9. The number of benzene rings is 5. The molecule has 0 saturated carbocycles. The van der Waals surface area contributed by atoms with E-state index in [0.29, 0.717) is 54.6 Å². The van der Waals surface area contributed by atoms with Crippen LogP contribution in [0.5, 0.6) is 0 Å². The van der Waals surface area contributed by atoms with Gasteiger partial charge in [-0.25, -0.2) is 13.1 Å². The summed E-state index contributed by atoms with van der Waals surface area (Å²) >= 11 is 7.75. The Morgan fingerprint density at radius 3 is 2.27 bits per heavy atom. The van der Waals surface area contributed by atoms with Gasteiger partial charge < -0.3 is 30.8 Å². The molecule has 2 atom stereocenters. The first-order valence-corrected chi connectivity index (χ1v) is 23.7. The fourth-order valence-corrected chi connectivity index (χ4v) is 8.96. The van der Waals surface area contributed by atoms with Crippen LogP contribution >= 0.6 is 23.4 Å². The summed E-state index contributed by atoms with van der Waals surface area (Å²) in [4.78, 5) is 41.6. The van der Waals surface area contributed by atoms with Gasteiger partial charge in [0.25, 0.3) is 15.9 Å². The smallest absolute Gasteiger partial charge is 0.264 e. The van der Waals surface area contributed by atoms with E-state index < -0.39 is 21.8 Å². The van der Waals surface area contributed by atoms with E-state index in [1.54, 1.807) is 61.1 Å². The Morgan fingerprint density at radius 2 is 1.57 bits per heavy atom. The van der Waals surface area contributed by atoms with E-state index >= 15 is 0 Å². The fraction of sp³-hybridized carbons (Fsp3) is 0.312. The van der Waals surface area contributed by atoms with Gasteiger partial charge in [-0.3, -0.25) is 14.5 Å². The minimum Gasteiger partial charge on any atom is -0.396 e. The van der Waals surface area contributed by atoms with Crippen LogP contribution in [0.2, 0.25) is 5.02 Å². The van der Waals surface area contributed by atoms with Crippen LogP contribution in [-0.2, 0) is 26.2 Å². The summed E-state index contributed by atoms with van der Waals surface area (Å²) in [6.07, 6.45) is 1.87. The van der Waals surface area contributed by atoms with Crippen molar-refractivity contribution >= 4 is 62.9 Å². The molecule has 63 heavy (non-hydrogen) atoms. The lowest BCUT2D eigenvalue weighted by Crippen LogP contribution is -2.37. The lowest BCUT2D eigenvalue weighted by atomic mass is 9.93. The predicted octanol–water partition coefficient (Wildman–Crippen LogP) is 7.37. The van der Waals surface area contributed by atoms with E-state index in [0.717, 1.165) is 33.6 Å². The molecule has 5 aromatic rings. The van der Waals surface area contributed by atoms with E-state index in [-0.39, 0.29) is 48.4 Å². The Labute approximate surface area is 380 Å². The second kappa shape index (κ2) is 24.6. The number of nitrogens with one attached hydrogen (secondary N) is 4. The van der Waals surface area contributed by atoms with Gasteiger partial charge in [-0.2, -0.15) is 0 Å². The molecule has 0 fully saturated rings. The highest BCUT2D eigenvalue weighted by molar-refractivity contribution is 7.99. The van der Waals surface area contributed by atoms with Gasteiger partial charge in [0, 0.05) is 91.3 Å². The number of carbonyl (C=O) groups excluding carboxylic acids is 3. The van der Waals surface area contributed by atoms with Gasteiger partial charge in [-0.15, -0.1) is 11.8 Å². The molecule has 0 bridgehead atoms. The van der Waals surface area contributed by atoms with E-state index in [1.165, 1.54) is 12.1 Å². The number of aliphatic hydroxyl groups is 1. The highest BCUT2D eigenvalue weighted by Gasteiger charge is 2.24. The molecule has 5 N–H and O–H groups in total. The number of hydrogen-bond acceptors (Lipinski definition) is 11. The number of anilines is 2. The van der Waals surface area contributed by atoms with Crippen LogP contribution in [-0.4, -0.2) is 107 Å². The zero-order chi connectivity index (χ0) is 45.2. The number of carbonyl (C=O) groups is 3. The highest BCUT2D eigenvalue weighted by atomic mass is 35.5. The van der Waals surface area contributed by atoms with E-state index in [1.807, 2.05) is 78.7 Å². The molecule has 15 heteroatoms. The molecule has 0 saturated heterocycles. The first-order chi connectivity index (χ1) is 30.4. The SMILES string of the molecule is CN(CC[C@H](CSc1ccccc1)Nc1ccc(S(=O)(=O)NC(=O)c2ccc(NCCNCc3ccccc3-c3ccc(Cl)cc3)cc2)cc1C(CO)CCC=O)CC(=O)N(C)C. The quantitative estimate of drug-likeness (QED) is 0.0226. The number of sulfonamides is 1. The lowest BCUT2D eigenvalue weighted by Gasteiger charge is -2.27. The lowest BCUT2D eigenvalue weighted by molar-refractivity contribution is -0.129. The molecule has 1 unspecified atom stereocenters. The molecule has 0 aliphatic heterocycles. The van der Waals surface area contributed by atoms with Crippen molar-refractivity contribution in [1.82, 2.24) is 19.8 Å². The molecule has 0 heterocycles. The molecule has 0 spiro atoms. The maximum absolute atomic E-state index is 13.8. The average Bonchev–Trinajstić information content (AvgIpc) is 3.28. The Bertz CT molecular complexity index is 2350. The maximum Gasteiger partial charge on any atom is 0.264 e. The number of halogens is 1.